The second kappa shape index (κ2) is 13.2. The molecule has 0 aliphatic carbocycles. The molecule has 1 heterocycles. The van der Waals surface area contributed by atoms with Crippen molar-refractivity contribution in [2.45, 2.75) is 19.5 Å². The van der Waals surface area contributed by atoms with E-state index in [9.17, 15) is 14.4 Å². The molecular weight excluding hydrogens is 609 g/mol. The number of rotatable bonds is 7. The second-order valence-electron chi connectivity index (χ2n) is 8.86. The minimum atomic E-state index is -0.796. The second-order valence-corrected chi connectivity index (χ2v) is 10.6. The number of halogens is 3. The number of carbonyl (C=O) groups is 3. The van der Waals surface area contributed by atoms with Crippen LogP contribution in [-0.2, 0) is 27.5 Å². The van der Waals surface area contributed by atoms with Crippen LogP contribution in [0.2, 0.25) is 10.0 Å². The van der Waals surface area contributed by atoms with Gasteiger partial charge in [-0.25, -0.2) is 0 Å². The van der Waals surface area contributed by atoms with Gasteiger partial charge < -0.3 is 24.6 Å². The van der Waals surface area contributed by atoms with Gasteiger partial charge in [0.2, 0.25) is 5.91 Å². The van der Waals surface area contributed by atoms with Crippen molar-refractivity contribution in [3.63, 3.8) is 0 Å². The predicted octanol–water partition coefficient (Wildman–Crippen LogP) is 5.43. The molecule has 0 unspecified atom stereocenters. The van der Waals surface area contributed by atoms with Crippen LogP contribution in [0.1, 0.15) is 17.5 Å². The summed E-state index contributed by atoms with van der Waals surface area (Å²) in [5.41, 5.74) is 1.60. The molecule has 3 amide bonds. The molecule has 204 valence electrons. The number of nitrogens with zero attached hydrogens (tertiary/aromatic N) is 2. The molecule has 1 aliphatic heterocycles. The van der Waals surface area contributed by atoms with Gasteiger partial charge in [-0.05, 0) is 48.4 Å². The normalized spacial score (nSPS) is 13.6. The molecule has 1 N–H and O–H groups in total. The zero-order valence-electron chi connectivity index (χ0n) is 21.1. The summed E-state index contributed by atoms with van der Waals surface area (Å²) >= 11 is 15.5. The first-order valence-electron chi connectivity index (χ1n) is 12.1. The summed E-state index contributed by atoms with van der Waals surface area (Å²) in [7, 11) is 1.60. The topological polar surface area (TPSA) is 88.2 Å². The van der Waals surface area contributed by atoms with Crippen LogP contribution in [0.5, 0.6) is 17.2 Å². The van der Waals surface area contributed by atoms with Gasteiger partial charge in [0.05, 0.1) is 17.2 Å². The van der Waals surface area contributed by atoms with Crippen molar-refractivity contribution in [2.24, 2.45) is 0 Å². The minimum absolute atomic E-state index is 0.0416. The molecule has 39 heavy (non-hydrogen) atoms. The Morgan fingerprint density at radius 1 is 0.974 bits per heavy atom. The van der Waals surface area contributed by atoms with Gasteiger partial charge in [0.25, 0.3) is 0 Å². The van der Waals surface area contributed by atoms with Crippen LogP contribution < -0.4 is 14.8 Å². The standard InChI is InChI=1S/C28H26BrCl2N3O5/c1-38-21-7-3-18(4-8-21)16-33-11-2-12-34(17-26(33)35)28(37)27(36)32-15-19-5-6-20(29)13-25(19)39-22-9-10-23(30)24(31)14-22/h3-10,13-14H,2,11-12,15-17H2,1H3,(H,32,36). The Balaban J connectivity index is 1.36. The third-order valence-electron chi connectivity index (χ3n) is 6.14. The van der Waals surface area contributed by atoms with E-state index in [1.165, 1.54) is 4.90 Å². The molecular formula is C28H26BrCl2N3O5. The largest absolute Gasteiger partial charge is 0.497 e. The molecule has 3 aromatic rings. The van der Waals surface area contributed by atoms with Gasteiger partial charge in [0.1, 0.15) is 23.8 Å². The summed E-state index contributed by atoms with van der Waals surface area (Å²) in [6, 6.07) is 17.7. The van der Waals surface area contributed by atoms with E-state index in [-0.39, 0.29) is 19.0 Å². The fourth-order valence-corrected chi connectivity index (χ4v) is 4.67. The first-order valence-corrected chi connectivity index (χ1v) is 13.7. The van der Waals surface area contributed by atoms with Crippen molar-refractivity contribution in [3.05, 3.63) is 86.3 Å². The number of nitrogens with one attached hydrogen (secondary N) is 1. The van der Waals surface area contributed by atoms with Gasteiger partial charge in [-0.3, -0.25) is 14.4 Å². The number of hydrogen-bond acceptors (Lipinski definition) is 5. The predicted molar refractivity (Wildman–Crippen MR) is 152 cm³/mol. The van der Waals surface area contributed by atoms with Crippen LogP contribution >= 0.6 is 39.1 Å². The van der Waals surface area contributed by atoms with E-state index in [0.717, 1.165) is 15.8 Å². The van der Waals surface area contributed by atoms with Crippen molar-refractivity contribution in [2.75, 3.05) is 26.7 Å². The van der Waals surface area contributed by atoms with Gasteiger partial charge in [0, 0.05) is 42.3 Å². The van der Waals surface area contributed by atoms with Gasteiger partial charge in [-0.15, -0.1) is 0 Å². The van der Waals surface area contributed by atoms with E-state index < -0.39 is 11.8 Å². The van der Waals surface area contributed by atoms with Crippen molar-refractivity contribution < 1.29 is 23.9 Å². The maximum atomic E-state index is 12.9. The van der Waals surface area contributed by atoms with Crippen LogP contribution in [0.4, 0.5) is 0 Å². The van der Waals surface area contributed by atoms with Crippen LogP contribution in [0.3, 0.4) is 0 Å². The highest BCUT2D eigenvalue weighted by molar-refractivity contribution is 9.10. The monoisotopic (exact) mass is 633 g/mol. The third-order valence-corrected chi connectivity index (χ3v) is 7.37. The van der Waals surface area contributed by atoms with Gasteiger partial charge in [0.15, 0.2) is 0 Å². The van der Waals surface area contributed by atoms with Gasteiger partial charge in [-0.2, -0.15) is 0 Å². The zero-order chi connectivity index (χ0) is 27.9. The van der Waals surface area contributed by atoms with Crippen molar-refractivity contribution in [3.8, 4) is 17.2 Å². The average molecular weight is 635 g/mol. The first-order chi connectivity index (χ1) is 18.7. The fraction of sp³-hybridized carbons (Fsp3) is 0.250. The molecule has 0 aromatic heterocycles. The molecule has 0 atom stereocenters. The minimum Gasteiger partial charge on any atom is -0.497 e. The molecule has 8 nitrogen and oxygen atoms in total. The van der Waals surface area contributed by atoms with Crippen molar-refractivity contribution in [1.29, 1.82) is 0 Å². The summed E-state index contributed by atoms with van der Waals surface area (Å²) < 4.78 is 11.9. The summed E-state index contributed by atoms with van der Waals surface area (Å²) in [6.07, 6.45) is 0.565. The highest BCUT2D eigenvalue weighted by atomic mass is 79.9. The first kappa shape index (κ1) is 28.7. The number of benzene rings is 3. The molecule has 11 heteroatoms. The molecule has 0 spiro atoms. The Labute approximate surface area is 244 Å². The van der Waals surface area contributed by atoms with Gasteiger partial charge in [-0.1, -0.05) is 57.3 Å². The molecule has 0 saturated carbocycles. The zero-order valence-corrected chi connectivity index (χ0v) is 24.2. The van der Waals surface area contributed by atoms with Crippen LogP contribution in [-0.4, -0.2) is 54.3 Å². The highest BCUT2D eigenvalue weighted by Crippen LogP contribution is 2.32. The lowest BCUT2D eigenvalue weighted by Crippen LogP contribution is -2.45. The number of hydrogen-bond donors (Lipinski definition) is 1. The van der Waals surface area contributed by atoms with E-state index in [0.29, 0.717) is 53.2 Å². The summed E-state index contributed by atoms with van der Waals surface area (Å²) in [4.78, 5) is 41.6. The SMILES string of the molecule is COc1ccc(CN2CCCN(C(=O)C(=O)NCc3ccc(Br)cc3Oc3ccc(Cl)c(Cl)c3)CC2=O)cc1. The van der Waals surface area contributed by atoms with Crippen molar-refractivity contribution in [1.82, 2.24) is 15.1 Å². The van der Waals surface area contributed by atoms with Crippen LogP contribution in [0.25, 0.3) is 0 Å². The summed E-state index contributed by atoms with van der Waals surface area (Å²) in [5.74, 6) is -0.0915. The lowest BCUT2D eigenvalue weighted by molar-refractivity contribution is -0.147. The Hall–Kier alpha value is -3.27. The Morgan fingerprint density at radius 3 is 2.44 bits per heavy atom. The van der Waals surface area contributed by atoms with Crippen LogP contribution in [0.15, 0.2) is 65.1 Å². The Morgan fingerprint density at radius 2 is 1.72 bits per heavy atom. The molecule has 4 rings (SSSR count). The van der Waals surface area contributed by atoms with E-state index in [1.54, 1.807) is 48.4 Å². The Bertz CT molecular complexity index is 1370. The maximum Gasteiger partial charge on any atom is 0.312 e. The summed E-state index contributed by atoms with van der Waals surface area (Å²) in [6.45, 7) is 1.10. The quantitative estimate of drug-likeness (QED) is 0.350. The fourth-order valence-electron chi connectivity index (χ4n) is 4.04. The number of carbonyl (C=O) groups excluding carboxylic acids is 3. The van der Waals surface area contributed by atoms with Crippen molar-refractivity contribution >= 4 is 56.9 Å². The lowest BCUT2D eigenvalue weighted by Gasteiger charge is -2.22. The molecule has 3 aromatic carbocycles. The van der Waals surface area contributed by atoms with Gasteiger partial charge >= 0.3 is 11.8 Å². The molecule has 1 fully saturated rings. The maximum absolute atomic E-state index is 12.9. The van der Waals surface area contributed by atoms with E-state index in [2.05, 4.69) is 21.2 Å². The highest BCUT2D eigenvalue weighted by Gasteiger charge is 2.28. The number of methoxy groups -OCH3 is 1. The molecule has 1 saturated heterocycles. The average Bonchev–Trinajstić information content (AvgIpc) is 3.11. The number of ether oxygens (including phenoxy) is 2. The summed E-state index contributed by atoms with van der Waals surface area (Å²) in [5, 5.41) is 3.40. The molecule has 1 aliphatic rings. The molecule has 0 radical (unpaired) electrons. The van der Waals surface area contributed by atoms with E-state index >= 15 is 0 Å². The van der Waals surface area contributed by atoms with Crippen LogP contribution in [0, 0.1) is 0 Å². The number of amides is 3. The smallest absolute Gasteiger partial charge is 0.312 e. The van der Waals surface area contributed by atoms with E-state index in [4.69, 9.17) is 32.7 Å². The lowest BCUT2D eigenvalue weighted by atomic mass is 10.2. The third kappa shape index (κ3) is 7.65. The Kier molecular flexibility index (Phi) is 9.72. The molecule has 0 bridgehead atoms. The van der Waals surface area contributed by atoms with E-state index in [1.807, 2.05) is 24.3 Å².